The highest BCUT2D eigenvalue weighted by Gasteiger charge is 2.02. The molecule has 1 aromatic carbocycles. The second-order valence-electron chi connectivity index (χ2n) is 2.83. The molecular formula is C10H8N2S2. The van der Waals surface area contributed by atoms with E-state index >= 15 is 0 Å². The topological polar surface area (TPSA) is 28.7 Å². The van der Waals surface area contributed by atoms with Gasteiger partial charge >= 0.3 is 0 Å². The predicted octanol–water partition coefficient (Wildman–Crippen LogP) is 3.09. The summed E-state index contributed by atoms with van der Waals surface area (Å²) in [5, 5.41) is 6.90. The van der Waals surface area contributed by atoms with Crippen LogP contribution in [-0.2, 0) is 0 Å². The second-order valence-corrected chi connectivity index (χ2v) is 3.75. The first-order valence-electron chi connectivity index (χ1n) is 4.11. The Morgan fingerprint density at radius 2 is 1.93 bits per heavy atom. The smallest absolute Gasteiger partial charge is 0.120 e. The minimum Gasteiger partial charge on any atom is -0.267 e. The van der Waals surface area contributed by atoms with Gasteiger partial charge in [-0.1, -0.05) is 42.5 Å². The molecular weight excluding hydrogens is 212 g/mol. The Hall–Kier alpha value is -1.13. The highest BCUT2D eigenvalue weighted by atomic mass is 32.1. The van der Waals surface area contributed by atoms with E-state index < -0.39 is 0 Å². The molecule has 0 atom stereocenters. The minimum absolute atomic E-state index is 0.592. The predicted molar refractivity (Wildman–Crippen MR) is 62.1 cm³/mol. The molecule has 2 nitrogen and oxygen atoms in total. The number of rotatable bonds is 1. The highest BCUT2D eigenvalue weighted by molar-refractivity contribution is 7.80. The Bertz CT molecular complexity index is 491. The highest BCUT2D eigenvalue weighted by Crippen LogP contribution is 2.22. The number of aromatic nitrogens is 2. The molecule has 70 valence electrons. The van der Waals surface area contributed by atoms with Gasteiger partial charge in [0.1, 0.15) is 10.3 Å². The summed E-state index contributed by atoms with van der Waals surface area (Å²) in [5.74, 6) is 0. The molecule has 1 N–H and O–H groups in total. The molecule has 1 heterocycles. The third kappa shape index (κ3) is 1.86. The second kappa shape index (κ2) is 3.94. The molecule has 4 heteroatoms. The first-order valence-corrected chi connectivity index (χ1v) is 4.97. The maximum absolute atomic E-state index is 4.94. The summed E-state index contributed by atoms with van der Waals surface area (Å²) < 4.78 is 0.592. The summed E-state index contributed by atoms with van der Waals surface area (Å²) in [6.45, 7) is 0. The van der Waals surface area contributed by atoms with Gasteiger partial charge in [-0.2, -0.15) is 5.10 Å². The van der Waals surface area contributed by atoms with Crippen molar-refractivity contribution in [2.45, 2.75) is 4.90 Å². The maximum Gasteiger partial charge on any atom is 0.120 e. The third-order valence-corrected chi connectivity index (χ3v) is 2.39. The van der Waals surface area contributed by atoms with E-state index in [1.54, 1.807) is 6.07 Å². The van der Waals surface area contributed by atoms with Crippen LogP contribution in [0.2, 0.25) is 0 Å². The lowest BCUT2D eigenvalue weighted by atomic mass is 10.1. The van der Waals surface area contributed by atoms with Crippen molar-refractivity contribution in [3.05, 3.63) is 41.0 Å². The number of benzene rings is 1. The molecule has 0 aliphatic rings. The van der Waals surface area contributed by atoms with Gasteiger partial charge in [0.15, 0.2) is 0 Å². The number of aromatic amines is 1. The maximum atomic E-state index is 4.94. The average molecular weight is 220 g/mol. The molecule has 2 aromatic rings. The fourth-order valence-corrected chi connectivity index (χ4v) is 1.76. The van der Waals surface area contributed by atoms with Gasteiger partial charge in [-0.25, -0.2) is 0 Å². The molecule has 0 saturated heterocycles. The van der Waals surface area contributed by atoms with Crippen molar-refractivity contribution in [3.63, 3.8) is 0 Å². The van der Waals surface area contributed by atoms with Crippen molar-refractivity contribution >= 4 is 24.8 Å². The Labute approximate surface area is 92.4 Å². The molecule has 2 rings (SSSR count). The molecule has 0 unspecified atom stereocenters. The van der Waals surface area contributed by atoms with E-state index in [-0.39, 0.29) is 0 Å². The first-order chi connectivity index (χ1) is 6.77. The van der Waals surface area contributed by atoms with E-state index in [0.717, 1.165) is 16.2 Å². The molecule has 0 radical (unpaired) electrons. The number of nitrogens with zero attached hydrogens (tertiary/aromatic N) is 1. The van der Waals surface area contributed by atoms with Crippen LogP contribution >= 0.6 is 24.8 Å². The summed E-state index contributed by atoms with van der Waals surface area (Å²) >= 11 is 9.27. The fraction of sp³-hybridized carbons (Fsp3) is 0. The lowest BCUT2D eigenvalue weighted by molar-refractivity contribution is 0.993. The first kappa shape index (κ1) is 9.43. The zero-order chi connectivity index (χ0) is 9.97. The van der Waals surface area contributed by atoms with Crippen molar-refractivity contribution in [1.29, 1.82) is 0 Å². The van der Waals surface area contributed by atoms with Gasteiger partial charge in [-0.15, -0.1) is 12.6 Å². The van der Waals surface area contributed by atoms with Crippen LogP contribution < -0.4 is 0 Å². The van der Waals surface area contributed by atoms with E-state index in [1.165, 1.54) is 0 Å². The Morgan fingerprint density at radius 1 is 1.21 bits per heavy atom. The Kier molecular flexibility index (Phi) is 2.65. The summed E-state index contributed by atoms with van der Waals surface area (Å²) in [4.78, 5) is 0.792. The third-order valence-electron chi connectivity index (χ3n) is 1.84. The van der Waals surface area contributed by atoms with E-state index in [4.69, 9.17) is 12.2 Å². The zero-order valence-corrected chi connectivity index (χ0v) is 8.98. The van der Waals surface area contributed by atoms with Crippen molar-refractivity contribution in [2.24, 2.45) is 0 Å². The van der Waals surface area contributed by atoms with Gasteiger partial charge in [0.05, 0.1) is 0 Å². The zero-order valence-electron chi connectivity index (χ0n) is 7.27. The summed E-state index contributed by atoms with van der Waals surface area (Å²) in [7, 11) is 0. The number of hydrogen-bond donors (Lipinski definition) is 2. The summed E-state index contributed by atoms with van der Waals surface area (Å²) in [6.07, 6.45) is 0. The van der Waals surface area contributed by atoms with Crippen LogP contribution in [0.3, 0.4) is 0 Å². The van der Waals surface area contributed by atoms with Crippen LogP contribution in [0, 0.1) is 4.64 Å². The molecule has 0 fully saturated rings. The standard InChI is InChI=1S/C10H8N2S2/c13-8-6-9(14)11-12-10(8)7-4-2-1-3-5-7/h1-6H,(H2,11,13,14). The molecule has 1 aromatic heterocycles. The van der Waals surface area contributed by atoms with Gasteiger partial charge < -0.3 is 0 Å². The minimum atomic E-state index is 0.592. The van der Waals surface area contributed by atoms with E-state index in [1.807, 2.05) is 30.3 Å². The van der Waals surface area contributed by atoms with Crippen molar-refractivity contribution < 1.29 is 0 Å². The van der Waals surface area contributed by atoms with Crippen molar-refractivity contribution in [3.8, 4) is 11.3 Å². The number of H-pyrrole nitrogens is 1. The van der Waals surface area contributed by atoms with E-state index in [0.29, 0.717) is 4.64 Å². The summed E-state index contributed by atoms with van der Waals surface area (Å²) in [6, 6.07) is 11.6. The number of hydrogen-bond acceptors (Lipinski definition) is 3. The normalized spacial score (nSPS) is 10.1. The molecule has 0 aliphatic heterocycles. The average Bonchev–Trinajstić information content (AvgIpc) is 2.19. The Balaban J connectivity index is 2.58. The molecule has 0 saturated carbocycles. The van der Waals surface area contributed by atoms with Crippen molar-refractivity contribution in [2.75, 3.05) is 0 Å². The van der Waals surface area contributed by atoms with E-state index in [9.17, 15) is 0 Å². The number of nitrogens with one attached hydrogen (secondary N) is 1. The van der Waals surface area contributed by atoms with Gasteiger partial charge in [0.2, 0.25) is 0 Å². The number of thiol groups is 1. The monoisotopic (exact) mass is 220 g/mol. The van der Waals surface area contributed by atoms with E-state index in [2.05, 4.69) is 22.8 Å². The van der Waals surface area contributed by atoms with Gasteiger partial charge in [0, 0.05) is 10.5 Å². The Morgan fingerprint density at radius 3 is 2.57 bits per heavy atom. The SMILES string of the molecule is S=c1cc(S)c(-c2ccccc2)n[nH]1. The van der Waals surface area contributed by atoms with Gasteiger partial charge in [-0.05, 0) is 6.07 Å². The van der Waals surface area contributed by atoms with Crippen LogP contribution in [0.1, 0.15) is 0 Å². The summed E-state index contributed by atoms with van der Waals surface area (Å²) in [5.41, 5.74) is 1.85. The lowest BCUT2D eigenvalue weighted by Crippen LogP contribution is -1.89. The van der Waals surface area contributed by atoms with Crippen LogP contribution in [0.25, 0.3) is 11.3 Å². The van der Waals surface area contributed by atoms with Crippen LogP contribution in [0.4, 0.5) is 0 Å². The molecule has 0 amide bonds. The van der Waals surface area contributed by atoms with Gasteiger partial charge in [0.25, 0.3) is 0 Å². The largest absolute Gasteiger partial charge is 0.267 e. The van der Waals surface area contributed by atoms with Crippen LogP contribution in [0.15, 0.2) is 41.3 Å². The van der Waals surface area contributed by atoms with Crippen molar-refractivity contribution in [1.82, 2.24) is 10.2 Å². The lowest BCUT2D eigenvalue weighted by Gasteiger charge is -2.02. The quantitative estimate of drug-likeness (QED) is 0.571. The molecule has 0 bridgehead atoms. The van der Waals surface area contributed by atoms with Crippen LogP contribution in [-0.4, -0.2) is 10.2 Å². The van der Waals surface area contributed by atoms with Crippen LogP contribution in [0.5, 0.6) is 0 Å². The van der Waals surface area contributed by atoms with Gasteiger partial charge in [-0.3, -0.25) is 5.10 Å². The molecule has 0 aliphatic carbocycles. The molecule has 0 spiro atoms. The molecule has 14 heavy (non-hydrogen) atoms. The fourth-order valence-electron chi connectivity index (χ4n) is 1.20.